The molecule has 2 nitrogen and oxygen atoms in total. The summed E-state index contributed by atoms with van der Waals surface area (Å²) in [7, 11) is 0. The van der Waals surface area contributed by atoms with Gasteiger partial charge < -0.3 is 0 Å². The molecule has 1 heterocycles. The van der Waals surface area contributed by atoms with Crippen molar-refractivity contribution in [2.75, 3.05) is 0 Å². The van der Waals surface area contributed by atoms with Gasteiger partial charge in [0.05, 0.1) is 11.4 Å². The Morgan fingerprint density at radius 2 is 2.20 bits per heavy atom. The summed E-state index contributed by atoms with van der Waals surface area (Å²) in [5.41, 5.74) is 1.85. The number of rotatable bonds is 2. The topological polar surface area (TPSA) is 30.0 Å². The quantitative estimate of drug-likeness (QED) is 0.727. The molecular weight excluding hydrogens is 210 g/mol. The number of hydrogen-bond acceptors (Lipinski definition) is 2. The molecule has 2 aromatic rings. The Hall–Kier alpha value is -1.41. The number of carbonyl (C=O) groups excluding carboxylic acids is 1. The normalized spacial score (nSPS) is 12.7. The Kier molecular flexibility index (Phi) is 2.69. The Morgan fingerprint density at radius 3 is 2.93 bits per heavy atom. The standard InChI is InChI=1S/C12H10ClNO/c1-8(12(13)15)9-4-5-11-10(7-9)3-2-6-14-11/h2-8H,1H3. The van der Waals surface area contributed by atoms with Crippen molar-refractivity contribution in [1.29, 1.82) is 0 Å². The van der Waals surface area contributed by atoms with Crippen LogP contribution in [0.25, 0.3) is 10.9 Å². The molecule has 2 rings (SSSR count). The summed E-state index contributed by atoms with van der Waals surface area (Å²) in [6.07, 6.45) is 1.75. The molecule has 1 aromatic carbocycles. The van der Waals surface area contributed by atoms with Crippen molar-refractivity contribution in [1.82, 2.24) is 4.98 Å². The van der Waals surface area contributed by atoms with Crippen LogP contribution in [0.3, 0.4) is 0 Å². The van der Waals surface area contributed by atoms with Gasteiger partial charge in [0.15, 0.2) is 0 Å². The molecule has 76 valence electrons. The van der Waals surface area contributed by atoms with Crippen molar-refractivity contribution in [3.8, 4) is 0 Å². The van der Waals surface area contributed by atoms with Crippen LogP contribution in [0.15, 0.2) is 36.5 Å². The van der Waals surface area contributed by atoms with E-state index in [1.54, 1.807) is 13.1 Å². The Labute approximate surface area is 92.9 Å². The van der Waals surface area contributed by atoms with Gasteiger partial charge in [-0.1, -0.05) is 19.1 Å². The number of benzene rings is 1. The maximum atomic E-state index is 11.0. The molecular formula is C12H10ClNO. The van der Waals surface area contributed by atoms with Crippen LogP contribution in [0.1, 0.15) is 18.4 Å². The molecule has 0 aliphatic heterocycles. The van der Waals surface area contributed by atoms with Gasteiger partial charge in [-0.2, -0.15) is 0 Å². The molecule has 0 radical (unpaired) electrons. The van der Waals surface area contributed by atoms with Crippen LogP contribution < -0.4 is 0 Å². The monoisotopic (exact) mass is 219 g/mol. The van der Waals surface area contributed by atoms with Crippen LogP contribution in [-0.4, -0.2) is 10.2 Å². The number of pyridine rings is 1. The number of carbonyl (C=O) groups is 1. The minimum atomic E-state index is -0.335. The molecule has 1 unspecified atom stereocenters. The molecule has 0 spiro atoms. The number of hydrogen-bond donors (Lipinski definition) is 0. The summed E-state index contributed by atoms with van der Waals surface area (Å²) in [6, 6.07) is 9.59. The second-order valence-electron chi connectivity index (χ2n) is 3.48. The van der Waals surface area contributed by atoms with E-state index in [9.17, 15) is 4.79 Å². The fourth-order valence-corrected chi connectivity index (χ4v) is 1.62. The van der Waals surface area contributed by atoms with Crippen molar-refractivity contribution in [2.24, 2.45) is 0 Å². The van der Waals surface area contributed by atoms with E-state index < -0.39 is 0 Å². The predicted molar refractivity (Wildman–Crippen MR) is 61.0 cm³/mol. The van der Waals surface area contributed by atoms with Gasteiger partial charge in [-0.15, -0.1) is 0 Å². The number of halogens is 1. The lowest BCUT2D eigenvalue weighted by Crippen LogP contribution is -2.01. The fourth-order valence-electron chi connectivity index (χ4n) is 1.49. The van der Waals surface area contributed by atoms with Gasteiger partial charge in [0, 0.05) is 11.6 Å². The minimum absolute atomic E-state index is 0.267. The lowest BCUT2D eigenvalue weighted by atomic mass is 10.0. The van der Waals surface area contributed by atoms with Gasteiger partial charge in [0.1, 0.15) is 0 Å². The zero-order valence-corrected chi connectivity index (χ0v) is 9.03. The highest BCUT2D eigenvalue weighted by Crippen LogP contribution is 2.21. The van der Waals surface area contributed by atoms with Crippen LogP contribution >= 0.6 is 11.6 Å². The van der Waals surface area contributed by atoms with Crippen LogP contribution in [0.2, 0.25) is 0 Å². The lowest BCUT2D eigenvalue weighted by Gasteiger charge is -2.07. The van der Waals surface area contributed by atoms with Gasteiger partial charge in [-0.3, -0.25) is 9.78 Å². The molecule has 0 aliphatic rings. The third kappa shape index (κ3) is 2.00. The fraction of sp³-hybridized carbons (Fsp3) is 0.167. The van der Waals surface area contributed by atoms with E-state index in [0.29, 0.717) is 0 Å². The summed E-state index contributed by atoms with van der Waals surface area (Å²) in [6.45, 7) is 1.80. The molecule has 0 fully saturated rings. The van der Waals surface area contributed by atoms with Crippen molar-refractivity contribution in [3.05, 3.63) is 42.1 Å². The van der Waals surface area contributed by atoms with Gasteiger partial charge in [0.2, 0.25) is 5.24 Å². The number of aromatic nitrogens is 1. The maximum Gasteiger partial charge on any atom is 0.228 e. The average Bonchev–Trinajstić information content (AvgIpc) is 2.27. The van der Waals surface area contributed by atoms with Gasteiger partial charge in [0.25, 0.3) is 0 Å². The van der Waals surface area contributed by atoms with Crippen LogP contribution in [0.5, 0.6) is 0 Å². The third-order valence-corrected chi connectivity index (χ3v) is 2.79. The van der Waals surface area contributed by atoms with E-state index >= 15 is 0 Å². The van der Waals surface area contributed by atoms with E-state index in [-0.39, 0.29) is 11.2 Å². The molecule has 0 amide bonds. The van der Waals surface area contributed by atoms with E-state index in [2.05, 4.69) is 4.98 Å². The Morgan fingerprint density at radius 1 is 1.40 bits per heavy atom. The molecule has 0 N–H and O–H groups in total. The highest BCUT2D eigenvalue weighted by atomic mass is 35.5. The maximum absolute atomic E-state index is 11.0. The van der Waals surface area contributed by atoms with E-state index in [4.69, 9.17) is 11.6 Å². The van der Waals surface area contributed by atoms with Crippen molar-refractivity contribution < 1.29 is 4.79 Å². The number of fused-ring (bicyclic) bond motifs is 1. The van der Waals surface area contributed by atoms with Gasteiger partial charge in [-0.25, -0.2) is 0 Å². The second-order valence-corrected chi connectivity index (χ2v) is 3.85. The van der Waals surface area contributed by atoms with E-state index in [1.165, 1.54) is 0 Å². The molecule has 0 saturated heterocycles. The first-order chi connectivity index (χ1) is 7.18. The minimum Gasteiger partial charge on any atom is -0.281 e. The zero-order valence-electron chi connectivity index (χ0n) is 8.27. The first-order valence-corrected chi connectivity index (χ1v) is 5.10. The highest BCUT2D eigenvalue weighted by molar-refractivity contribution is 6.64. The predicted octanol–water partition coefficient (Wildman–Crippen LogP) is 3.10. The van der Waals surface area contributed by atoms with Crippen molar-refractivity contribution >= 4 is 27.7 Å². The molecule has 1 aromatic heterocycles. The average molecular weight is 220 g/mol. The van der Waals surface area contributed by atoms with E-state index in [1.807, 2.05) is 30.3 Å². The largest absolute Gasteiger partial charge is 0.281 e. The molecule has 3 heteroatoms. The van der Waals surface area contributed by atoms with Crippen LogP contribution in [0, 0.1) is 0 Å². The van der Waals surface area contributed by atoms with Crippen molar-refractivity contribution in [3.63, 3.8) is 0 Å². The highest BCUT2D eigenvalue weighted by Gasteiger charge is 2.12. The summed E-state index contributed by atoms with van der Waals surface area (Å²) >= 11 is 5.46. The summed E-state index contributed by atoms with van der Waals surface area (Å²) in [4.78, 5) is 15.2. The second kappa shape index (κ2) is 3.99. The Bertz CT molecular complexity index is 510. The summed E-state index contributed by atoms with van der Waals surface area (Å²) in [5.74, 6) is -0.267. The van der Waals surface area contributed by atoms with Crippen molar-refractivity contribution in [2.45, 2.75) is 12.8 Å². The molecule has 0 bridgehead atoms. The van der Waals surface area contributed by atoms with Gasteiger partial charge in [-0.05, 0) is 35.4 Å². The van der Waals surface area contributed by atoms with Crippen LogP contribution in [0.4, 0.5) is 0 Å². The van der Waals surface area contributed by atoms with Gasteiger partial charge >= 0.3 is 0 Å². The number of nitrogens with zero attached hydrogens (tertiary/aromatic N) is 1. The first-order valence-electron chi connectivity index (χ1n) is 4.72. The summed E-state index contributed by atoms with van der Waals surface area (Å²) < 4.78 is 0. The SMILES string of the molecule is CC(C(=O)Cl)c1ccc2ncccc2c1. The lowest BCUT2D eigenvalue weighted by molar-refractivity contribution is -0.112. The van der Waals surface area contributed by atoms with E-state index in [0.717, 1.165) is 16.5 Å². The third-order valence-electron chi connectivity index (χ3n) is 2.47. The zero-order chi connectivity index (χ0) is 10.8. The Balaban J connectivity index is 2.51. The summed E-state index contributed by atoms with van der Waals surface area (Å²) in [5, 5.41) is 0.693. The molecule has 0 saturated carbocycles. The molecule has 15 heavy (non-hydrogen) atoms. The van der Waals surface area contributed by atoms with Crippen LogP contribution in [-0.2, 0) is 4.79 Å². The molecule has 1 atom stereocenters. The molecule has 0 aliphatic carbocycles. The first kappa shape index (κ1) is 10.1. The smallest absolute Gasteiger partial charge is 0.228 e.